The minimum Gasteiger partial charge on any atom is -0.312 e. The molecule has 33 heavy (non-hydrogen) atoms. The summed E-state index contributed by atoms with van der Waals surface area (Å²) >= 11 is 0. The highest BCUT2D eigenvalue weighted by Gasteiger charge is 2.33. The zero-order valence-electron chi connectivity index (χ0n) is 18.1. The lowest BCUT2D eigenvalue weighted by Crippen LogP contribution is -2.33. The van der Waals surface area contributed by atoms with Crippen molar-refractivity contribution < 1.29 is 13.2 Å². The SMILES string of the molecule is Cc1cccn2cc(-c3ccc(NS(=O)(=O)c4cc5c6c(c4)CCN6C(=O)CC5)cc3)nc12. The zero-order chi connectivity index (χ0) is 22.7. The Labute approximate surface area is 191 Å². The minimum atomic E-state index is -3.75. The predicted octanol–water partition coefficient (Wildman–Crippen LogP) is 3.95. The molecule has 1 amide bonds. The van der Waals surface area contributed by atoms with Crippen LogP contribution in [0.2, 0.25) is 0 Å². The molecule has 0 fully saturated rings. The smallest absolute Gasteiger partial charge is 0.261 e. The molecule has 0 saturated heterocycles. The van der Waals surface area contributed by atoms with Crippen LogP contribution in [0.4, 0.5) is 11.4 Å². The first-order valence-electron chi connectivity index (χ1n) is 10.9. The number of imidazole rings is 1. The Bertz CT molecular complexity index is 1540. The molecule has 0 bridgehead atoms. The second kappa shape index (κ2) is 7.18. The highest BCUT2D eigenvalue weighted by Crippen LogP contribution is 2.38. The lowest BCUT2D eigenvalue weighted by molar-refractivity contribution is -0.118. The lowest BCUT2D eigenvalue weighted by Gasteiger charge is -2.25. The van der Waals surface area contributed by atoms with Crippen LogP contribution in [-0.4, -0.2) is 30.3 Å². The van der Waals surface area contributed by atoms with Crippen LogP contribution in [-0.2, 0) is 27.7 Å². The van der Waals surface area contributed by atoms with Crippen molar-refractivity contribution in [3.8, 4) is 11.3 Å². The first-order chi connectivity index (χ1) is 15.9. The maximum Gasteiger partial charge on any atom is 0.261 e. The second-order valence-corrected chi connectivity index (χ2v) is 10.3. The summed E-state index contributed by atoms with van der Waals surface area (Å²) in [5.41, 5.74) is 7.00. The standard InChI is InChI=1S/C25H22N4O3S/c1-16-3-2-11-28-15-22(26-25(16)28)17-4-7-20(8-5-17)27-33(31,32)21-13-18-6-9-23(30)29-12-10-19(14-21)24(18)29/h2-5,7-8,11,13-15,27H,6,9-10,12H2,1H3. The molecule has 166 valence electrons. The molecule has 4 heterocycles. The van der Waals surface area contributed by atoms with Gasteiger partial charge in [0.25, 0.3) is 10.0 Å². The van der Waals surface area contributed by atoms with Crippen LogP contribution < -0.4 is 9.62 Å². The van der Waals surface area contributed by atoms with Crippen molar-refractivity contribution in [1.82, 2.24) is 9.38 Å². The van der Waals surface area contributed by atoms with Crippen molar-refractivity contribution in [1.29, 1.82) is 0 Å². The fraction of sp³-hybridized carbons (Fsp3) is 0.200. The largest absolute Gasteiger partial charge is 0.312 e. The van der Waals surface area contributed by atoms with E-state index in [9.17, 15) is 13.2 Å². The van der Waals surface area contributed by atoms with E-state index >= 15 is 0 Å². The van der Waals surface area contributed by atoms with Gasteiger partial charge in [0, 0.05) is 36.6 Å². The number of nitrogens with zero attached hydrogens (tertiary/aromatic N) is 3. The van der Waals surface area contributed by atoms with Gasteiger partial charge in [0.15, 0.2) is 0 Å². The molecule has 0 spiro atoms. The van der Waals surface area contributed by atoms with Crippen LogP contribution in [0, 0.1) is 6.92 Å². The fourth-order valence-electron chi connectivity index (χ4n) is 4.80. The van der Waals surface area contributed by atoms with Crippen LogP contribution in [0.3, 0.4) is 0 Å². The summed E-state index contributed by atoms with van der Waals surface area (Å²) in [6.45, 7) is 2.65. The predicted molar refractivity (Wildman–Crippen MR) is 127 cm³/mol. The number of nitrogens with one attached hydrogen (secondary N) is 1. The van der Waals surface area contributed by atoms with Crippen LogP contribution in [0.25, 0.3) is 16.9 Å². The number of hydrogen-bond donors (Lipinski definition) is 1. The van der Waals surface area contributed by atoms with E-state index in [4.69, 9.17) is 4.98 Å². The Morgan fingerprint density at radius 2 is 1.76 bits per heavy atom. The van der Waals surface area contributed by atoms with Crippen molar-refractivity contribution >= 4 is 33.0 Å². The zero-order valence-corrected chi connectivity index (χ0v) is 18.9. The number of carbonyl (C=O) groups excluding carboxylic acids is 1. The number of sulfonamides is 1. The Balaban J connectivity index is 1.28. The van der Waals surface area contributed by atoms with E-state index in [2.05, 4.69) is 4.72 Å². The van der Waals surface area contributed by atoms with E-state index in [1.54, 1.807) is 29.2 Å². The van der Waals surface area contributed by atoms with Gasteiger partial charge < -0.3 is 9.30 Å². The molecule has 4 aromatic rings. The number of benzene rings is 2. The monoisotopic (exact) mass is 458 g/mol. The Hall–Kier alpha value is -3.65. The Kier molecular flexibility index (Phi) is 4.35. The maximum absolute atomic E-state index is 13.1. The molecule has 2 aliphatic rings. The first-order valence-corrected chi connectivity index (χ1v) is 12.4. The molecule has 0 saturated carbocycles. The number of carbonyl (C=O) groups is 1. The molecule has 2 aromatic carbocycles. The topological polar surface area (TPSA) is 83.8 Å². The van der Waals surface area contributed by atoms with Gasteiger partial charge in [-0.2, -0.15) is 0 Å². The van der Waals surface area contributed by atoms with E-state index in [-0.39, 0.29) is 10.8 Å². The number of pyridine rings is 1. The van der Waals surface area contributed by atoms with Gasteiger partial charge in [-0.3, -0.25) is 9.52 Å². The van der Waals surface area contributed by atoms with Gasteiger partial charge >= 0.3 is 0 Å². The van der Waals surface area contributed by atoms with E-state index in [0.717, 1.165) is 39.3 Å². The van der Waals surface area contributed by atoms with Crippen LogP contribution in [0.5, 0.6) is 0 Å². The molecule has 0 atom stereocenters. The van der Waals surface area contributed by atoms with E-state index in [1.165, 1.54) is 0 Å². The summed E-state index contributed by atoms with van der Waals surface area (Å²) < 4.78 is 30.9. The van der Waals surface area contributed by atoms with Crippen molar-refractivity contribution in [2.24, 2.45) is 0 Å². The number of aryl methyl sites for hydroxylation is 2. The molecule has 2 aliphatic heterocycles. The summed E-state index contributed by atoms with van der Waals surface area (Å²) in [6.07, 6.45) is 5.61. The molecule has 1 N–H and O–H groups in total. The number of rotatable bonds is 4. The molecule has 0 radical (unpaired) electrons. The quantitative estimate of drug-likeness (QED) is 0.502. The third-order valence-corrected chi connectivity index (χ3v) is 7.81. The summed E-state index contributed by atoms with van der Waals surface area (Å²) in [7, 11) is -3.75. The van der Waals surface area contributed by atoms with Gasteiger partial charge in [0.2, 0.25) is 5.91 Å². The summed E-state index contributed by atoms with van der Waals surface area (Å²) in [5.74, 6) is 0.121. The second-order valence-electron chi connectivity index (χ2n) is 8.62. The molecule has 6 rings (SSSR count). The molecule has 0 aliphatic carbocycles. The summed E-state index contributed by atoms with van der Waals surface area (Å²) in [5, 5.41) is 0. The van der Waals surface area contributed by atoms with Crippen LogP contribution in [0.1, 0.15) is 23.1 Å². The third kappa shape index (κ3) is 3.29. The van der Waals surface area contributed by atoms with Gasteiger partial charge in [-0.1, -0.05) is 18.2 Å². The van der Waals surface area contributed by atoms with Gasteiger partial charge in [-0.25, -0.2) is 13.4 Å². The number of aromatic nitrogens is 2. The molecule has 8 heteroatoms. The third-order valence-electron chi connectivity index (χ3n) is 6.45. The molecular weight excluding hydrogens is 436 g/mol. The molecule has 2 aromatic heterocycles. The van der Waals surface area contributed by atoms with Crippen molar-refractivity contribution in [3.05, 3.63) is 77.6 Å². The van der Waals surface area contributed by atoms with Crippen molar-refractivity contribution in [3.63, 3.8) is 0 Å². The number of amides is 1. The number of fused-ring (bicyclic) bond motifs is 1. The van der Waals surface area contributed by atoms with Crippen LogP contribution in [0.15, 0.2) is 65.8 Å². The van der Waals surface area contributed by atoms with Gasteiger partial charge in [0.05, 0.1) is 16.3 Å². The van der Waals surface area contributed by atoms with Crippen LogP contribution >= 0.6 is 0 Å². The summed E-state index contributed by atoms with van der Waals surface area (Å²) in [6, 6.07) is 14.6. The lowest BCUT2D eigenvalue weighted by atomic mass is 10.00. The average Bonchev–Trinajstić information content (AvgIpc) is 3.43. The summed E-state index contributed by atoms with van der Waals surface area (Å²) in [4.78, 5) is 18.9. The Morgan fingerprint density at radius 3 is 2.52 bits per heavy atom. The van der Waals surface area contributed by atoms with E-state index in [1.807, 2.05) is 48.0 Å². The first kappa shape index (κ1) is 20.0. The highest BCUT2D eigenvalue weighted by atomic mass is 32.2. The normalized spacial score (nSPS) is 15.2. The van der Waals surface area contributed by atoms with E-state index in [0.29, 0.717) is 31.5 Å². The Morgan fingerprint density at radius 1 is 1.00 bits per heavy atom. The number of anilines is 2. The number of hydrogen-bond acceptors (Lipinski definition) is 4. The average molecular weight is 459 g/mol. The highest BCUT2D eigenvalue weighted by molar-refractivity contribution is 7.92. The minimum absolute atomic E-state index is 0.121. The molecular formula is C25H22N4O3S. The van der Waals surface area contributed by atoms with E-state index < -0.39 is 10.0 Å². The molecule has 0 unspecified atom stereocenters. The van der Waals surface area contributed by atoms with Crippen molar-refractivity contribution in [2.45, 2.75) is 31.1 Å². The van der Waals surface area contributed by atoms with Gasteiger partial charge in [-0.05, 0) is 66.8 Å². The maximum atomic E-state index is 13.1. The molecule has 7 nitrogen and oxygen atoms in total. The fourth-order valence-corrected chi connectivity index (χ4v) is 5.96. The van der Waals surface area contributed by atoms with Gasteiger partial charge in [-0.15, -0.1) is 0 Å². The van der Waals surface area contributed by atoms with Crippen molar-refractivity contribution in [2.75, 3.05) is 16.2 Å². The van der Waals surface area contributed by atoms with Gasteiger partial charge in [0.1, 0.15) is 5.65 Å².